The standard InChI is InChI=1S/C19H32F3N5O/c1-4-14-7-6-8-15(13-14)26-17(23-5-2)25-10-9-18(28,19(20,21)22)16-24-11-12-27(16)3/h11-12,14-15,28H,4-10,13H2,1-3H3,(H2,23,25,26). The van der Waals surface area contributed by atoms with Crippen molar-refractivity contribution >= 4 is 5.96 Å². The van der Waals surface area contributed by atoms with Gasteiger partial charge in [0.1, 0.15) is 5.82 Å². The molecule has 3 unspecified atom stereocenters. The van der Waals surface area contributed by atoms with Crippen LogP contribution in [0.1, 0.15) is 58.2 Å². The lowest BCUT2D eigenvalue weighted by atomic mass is 9.84. The normalized spacial score (nSPS) is 23.3. The number of hydrogen-bond donors (Lipinski definition) is 3. The number of imidazole rings is 1. The van der Waals surface area contributed by atoms with Gasteiger partial charge in [-0.25, -0.2) is 4.98 Å². The highest BCUT2D eigenvalue weighted by Gasteiger charge is 2.57. The molecule has 1 aromatic heterocycles. The van der Waals surface area contributed by atoms with E-state index in [1.807, 2.05) is 6.92 Å². The van der Waals surface area contributed by atoms with Gasteiger partial charge in [0, 0.05) is 45.0 Å². The second-order valence-corrected chi connectivity index (χ2v) is 7.51. The molecule has 1 saturated carbocycles. The van der Waals surface area contributed by atoms with E-state index in [1.165, 1.54) is 30.4 Å². The summed E-state index contributed by atoms with van der Waals surface area (Å²) < 4.78 is 42.0. The van der Waals surface area contributed by atoms with Gasteiger partial charge in [0.25, 0.3) is 0 Å². The van der Waals surface area contributed by atoms with Crippen LogP contribution in [-0.4, -0.2) is 45.9 Å². The first kappa shape index (κ1) is 22.5. The number of guanidine groups is 1. The topological polar surface area (TPSA) is 74.5 Å². The van der Waals surface area contributed by atoms with Crippen LogP contribution in [0.4, 0.5) is 13.2 Å². The molecule has 1 heterocycles. The minimum absolute atomic E-state index is 0.178. The zero-order valence-corrected chi connectivity index (χ0v) is 16.9. The van der Waals surface area contributed by atoms with Crippen molar-refractivity contribution in [1.29, 1.82) is 0 Å². The first-order valence-corrected chi connectivity index (χ1v) is 10.0. The van der Waals surface area contributed by atoms with E-state index < -0.39 is 24.0 Å². The summed E-state index contributed by atoms with van der Waals surface area (Å²) in [6.45, 7) is 4.52. The summed E-state index contributed by atoms with van der Waals surface area (Å²) in [5.74, 6) is 0.743. The highest BCUT2D eigenvalue weighted by Crippen LogP contribution is 2.40. The minimum Gasteiger partial charge on any atom is -0.374 e. The van der Waals surface area contributed by atoms with Gasteiger partial charge in [0.05, 0.1) is 0 Å². The lowest BCUT2D eigenvalue weighted by Gasteiger charge is -2.31. The number of aliphatic hydroxyl groups is 1. The van der Waals surface area contributed by atoms with E-state index in [4.69, 9.17) is 0 Å². The van der Waals surface area contributed by atoms with Crippen molar-refractivity contribution in [3.8, 4) is 0 Å². The number of halogens is 3. The van der Waals surface area contributed by atoms with Crippen LogP contribution in [0.5, 0.6) is 0 Å². The Labute approximate surface area is 164 Å². The van der Waals surface area contributed by atoms with E-state index >= 15 is 0 Å². The summed E-state index contributed by atoms with van der Waals surface area (Å²) in [6.07, 6.45) is 2.76. The van der Waals surface area contributed by atoms with Crippen LogP contribution in [0, 0.1) is 5.92 Å². The zero-order chi connectivity index (χ0) is 20.8. The Morgan fingerprint density at radius 2 is 2.11 bits per heavy atom. The van der Waals surface area contributed by atoms with Gasteiger partial charge >= 0.3 is 6.18 Å². The van der Waals surface area contributed by atoms with Crippen LogP contribution < -0.4 is 10.6 Å². The van der Waals surface area contributed by atoms with Gasteiger partial charge in [-0.15, -0.1) is 0 Å². The second kappa shape index (κ2) is 9.62. The molecule has 6 nitrogen and oxygen atoms in total. The van der Waals surface area contributed by atoms with Crippen LogP contribution >= 0.6 is 0 Å². The molecule has 0 saturated heterocycles. The van der Waals surface area contributed by atoms with E-state index in [9.17, 15) is 18.3 Å². The van der Waals surface area contributed by atoms with Crippen LogP contribution in [0.2, 0.25) is 0 Å². The van der Waals surface area contributed by atoms with Crippen LogP contribution in [0.15, 0.2) is 17.4 Å². The molecule has 3 atom stereocenters. The van der Waals surface area contributed by atoms with Crippen LogP contribution in [0.25, 0.3) is 0 Å². The molecule has 28 heavy (non-hydrogen) atoms. The Bertz CT molecular complexity index is 646. The maximum absolute atomic E-state index is 13.6. The Kier molecular flexibility index (Phi) is 7.74. The molecule has 1 fully saturated rings. The Balaban J connectivity index is 2.07. The van der Waals surface area contributed by atoms with E-state index in [2.05, 4.69) is 27.5 Å². The smallest absolute Gasteiger partial charge is 0.374 e. The number of alkyl halides is 3. The van der Waals surface area contributed by atoms with Crippen molar-refractivity contribution < 1.29 is 18.3 Å². The molecule has 0 bridgehead atoms. The molecule has 0 spiro atoms. The molecule has 1 aliphatic carbocycles. The third-order valence-electron chi connectivity index (χ3n) is 5.45. The molecule has 0 radical (unpaired) electrons. The molecule has 0 amide bonds. The first-order valence-electron chi connectivity index (χ1n) is 10.0. The molecule has 1 aromatic rings. The lowest BCUT2D eigenvalue weighted by Crippen LogP contribution is -2.46. The quantitative estimate of drug-likeness (QED) is 0.483. The van der Waals surface area contributed by atoms with Gasteiger partial charge in [-0.3, -0.25) is 4.99 Å². The number of aliphatic imine (C=N–C) groups is 1. The molecular weight excluding hydrogens is 371 g/mol. The largest absolute Gasteiger partial charge is 0.424 e. The number of hydrogen-bond acceptors (Lipinski definition) is 3. The van der Waals surface area contributed by atoms with E-state index in [-0.39, 0.29) is 12.6 Å². The highest BCUT2D eigenvalue weighted by atomic mass is 19.4. The van der Waals surface area contributed by atoms with Gasteiger partial charge in [-0.2, -0.15) is 13.2 Å². The summed E-state index contributed by atoms with van der Waals surface area (Å²) in [5.41, 5.74) is -3.04. The maximum Gasteiger partial charge on any atom is 0.424 e. The fraction of sp³-hybridized carbons (Fsp3) is 0.789. The van der Waals surface area contributed by atoms with E-state index in [0.717, 1.165) is 25.7 Å². The van der Waals surface area contributed by atoms with Gasteiger partial charge in [0.2, 0.25) is 5.60 Å². The summed E-state index contributed by atoms with van der Waals surface area (Å²) in [5, 5.41) is 16.8. The van der Waals surface area contributed by atoms with E-state index in [1.54, 1.807) is 0 Å². The van der Waals surface area contributed by atoms with Crippen molar-refractivity contribution in [1.82, 2.24) is 20.2 Å². The molecule has 0 aromatic carbocycles. The van der Waals surface area contributed by atoms with Crippen LogP contribution in [0.3, 0.4) is 0 Å². The van der Waals surface area contributed by atoms with Crippen molar-refractivity contribution in [2.24, 2.45) is 18.0 Å². The summed E-state index contributed by atoms with van der Waals surface area (Å²) in [4.78, 5) is 8.01. The summed E-state index contributed by atoms with van der Waals surface area (Å²) >= 11 is 0. The van der Waals surface area contributed by atoms with Crippen molar-refractivity contribution in [2.75, 3.05) is 13.1 Å². The summed E-state index contributed by atoms with van der Waals surface area (Å²) in [6, 6.07) is 0.271. The Morgan fingerprint density at radius 1 is 1.36 bits per heavy atom. The molecule has 160 valence electrons. The predicted octanol–water partition coefficient (Wildman–Crippen LogP) is 3.08. The van der Waals surface area contributed by atoms with Crippen molar-refractivity contribution in [3.05, 3.63) is 18.2 Å². The number of nitrogens with one attached hydrogen (secondary N) is 2. The predicted molar refractivity (Wildman–Crippen MR) is 103 cm³/mol. The number of nitrogens with zero attached hydrogens (tertiary/aromatic N) is 3. The monoisotopic (exact) mass is 403 g/mol. The van der Waals surface area contributed by atoms with Gasteiger partial charge < -0.3 is 20.3 Å². The Hall–Kier alpha value is -1.77. The lowest BCUT2D eigenvalue weighted by molar-refractivity contribution is -0.272. The first-order chi connectivity index (χ1) is 13.2. The third-order valence-corrected chi connectivity index (χ3v) is 5.45. The van der Waals surface area contributed by atoms with Crippen molar-refractivity contribution in [2.45, 2.75) is 70.2 Å². The molecule has 2 rings (SSSR count). The fourth-order valence-corrected chi connectivity index (χ4v) is 3.78. The minimum atomic E-state index is -4.84. The van der Waals surface area contributed by atoms with E-state index in [0.29, 0.717) is 18.4 Å². The molecule has 0 aliphatic heterocycles. The summed E-state index contributed by atoms with van der Waals surface area (Å²) in [7, 11) is 1.43. The van der Waals surface area contributed by atoms with Gasteiger partial charge in [-0.05, 0) is 25.7 Å². The zero-order valence-electron chi connectivity index (χ0n) is 16.9. The number of aromatic nitrogens is 2. The molecule has 1 aliphatic rings. The molecule has 9 heteroatoms. The maximum atomic E-state index is 13.6. The average Bonchev–Trinajstić information content (AvgIpc) is 3.07. The number of rotatable bonds is 7. The molecule has 3 N–H and O–H groups in total. The average molecular weight is 403 g/mol. The van der Waals surface area contributed by atoms with Crippen molar-refractivity contribution in [3.63, 3.8) is 0 Å². The SMILES string of the molecule is CCNC(=NCCC(O)(c1nccn1C)C(F)(F)F)NC1CCCC(CC)C1. The van der Waals surface area contributed by atoms with Gasteiger partial charge in [-0.1, -0.05) is 26.2 Å². The fourth-order valence-electron chi connectivity index (χ4n) is 3.78. The second-order valence-electron chi connectivity index (χ2n) is 7.51. The van der Waals surface area contributed by atoms with Crippen LogP contribution in [-0.2, 0) is 12.6 Å². The number of aryl methyl sites for hydroxylation is 1. The third kappa shape index (κ3) is 5.40. The molecular formula is C19H32F3N5O. The van der Waals surface area contributed by atoms with Gasteiger partial charge in [0.15, 0.2) is 5.96 Å². The Morgan fingerprint density at radius 3 is 2.68 bits per heavy atom. The highest BCUT2D eigenvalue weighted by molar-refractivity contribution is 5.80.